The molecule has 0 aromatic carbocycles. The van der Waals surface area contributed by atoms with Crippen molar-refractivity contribution in [1.29, 1.82) is 0 Å². The Bertz CT molecular complexity index is 304. The van der Waals surface area contributed by atoms with Crippen LogP contribution < -0.4 is 0 Å². The second kappa shape index (κ2) is 15.5. The summed E-state index contributed by atoms with van der Waals surface area (Å²) in [7, 11) is 0. The molecule has 7 heteroatoms. The van der Waals surface area contributed by atoms with Crippen LogP contribution in [-0.4, -0.2) is 51.4 Å². The van der Waals surface area contributed by atoms with E-state index in [9.17, 15) is 9.59 Å². The van der Waals surface area contributed by atoms with Crippen molar-refractivity contribution in [2.45, 2.75) is 96.8 Å². The van der Waals surface area contributed by atoms with Gasteiger partial charge in [-0.25, -0.2) is 0 Å². The van der Waals surface area contributed by atoms with Crippen LogP contribution in [-0.2, 0) is 17.1 Å². The van der Waals surface area contributed by atoms with Crippen LogP contribution in [0.2, 0.25) is 17.7 Å². The van der Waals surface area contributed by atoms with Crippen LogP contribution in [0.15, 0.2) is 0 Å². The summed E-state index contributed by atoms with van der Waals surface area (Å²) < 4.78 is 21.9. The summed E-state index contributed by atoms with van der Waals surface area (Å²) >= 11 is -7.13. The second-order valence-corrected chi connectivity index (χ2v) is 28.7. The molecule has 0 aliphatic carbocycles. The van der Waals surface area contributed by atoms with Crippen molar-refractivity contribution < 1.29 is 17.1 Å². The van der Waals surface area contributed by atoms with Crippen molar-refractivity contribution in [3.8, 4) is 0 Å². The van der Waals surface area contributed by atoms with Gasteiger partial charge in [0, 0.05) is 0 Å². The topological polar surface area (TPSA) is 61.8 Å². The SMILES string of the molecule is CCC[CH2][Sn]([CH2]CCC)([O]C=O)[O][Sn]([CH2]CCC)([CH2]CCC)[O]C=O. The van der Waals surface area contributed by atoms with Gasteiger partial charge >= 0.3 is 165 Å². The Morgan fingerprint density at radius 2 is 0.880 bits per heavy atom. The van der Waals surface area contributed by atoms with Gasteiger partial charge in [-0.15, -0.1) is 0 Å². The van der Waals surface area contributed by atoms with E-state index < -0.39 is 38.4 Å². The monoisotopic (exact) mass is 574 g/mol. The van der Waals surface area contributed by atoms with Gasteiger partial charge in [0.15, 0.2) is 0 Å². The first-order valence-corrected chi connectivity index (χ1v) is 22.7. The molecule has 0 aliphatic heterocycles. The van der Waals surface area contributed by atoms with E-state index >= 15 is 0 Å². The molecular weight excluding hydrogens is 534 g/mol. The van der Waals surface area contributed by atoms with E-state index in [1.54, 1.807) is 0 Å². The zero-order chi connectivity index (χ0) is 19.0. The van der Waals surface area contributed by atoms with Gasteiger partial charge < -0.3 is 0 Å². The van der Waals surface area contributed by atoms with Crippen LogP contribution in [0.1, 0.15) is 79.1 Å². The van der Waals surface area contributed by atoms with Crippen molar-refractivity contribution in [2.75, 3.05) is 0 Å². The van der Waals surface area contributed by atoms with E-state index in [0.29, 0.717) is 12.9 Å². The molecule has 0 aromatic rings. The zero-order valence-electron chi connectivity index (χ0n) is 16.7. The molecule has 0 amide bonds. The molecule has 0 heterocycles. The van der Waals surface area contributed by atoms with Gasteiger partial charge in [-0.05, 0) is 0 Å². The van der Waals surface area contributed by atoms with E-state index in [2.05, 4.69) is 27.7 Å². The van der Waals surface area contributed by atoms with E-state index in [4.69, 9.17) is 7.56 Å². The first-order chi connectivity index (χ1) is 12.1. The summed E-state index contributed by atoms with van der Waals surface area (Å²) in [6.45, 7) is 9.76. The van der Waals surface area contributed by atoms with Gasteiger partial charge in [-0.1, -0.05) is 0 Å². The molecule has 0 saturated carbocycles. The van der Waals surface area contributed by atoms with Crippen LogP contribution in [0.25, 0.3) is 0 Å². The Hall–Kier alpha value is 0.497. The first kappa shape index (κ1) is 25.5. The molecule has 0 unspecified atom stereocenters. The third-order valence-electron chi connectivity index (χ3n) is 4.54. The molecule has 0 saturated heterocycles. The fourth-order valence-electron chi connectivity index (χ4n) is 3.04. The van der Waals surface area contributed by atoms with Crippen molar-refractivity contribution >= 4 is 51.4 Å². The third-order valence-corrected chi connectivity index (χ3v) is 36.6. The molecule has 25 heavy (non-hydrogen) atoms. The summed E-state index contributed by atoms with van der Waals surface area (Å²) in [5.41, 5.74) is 0. The van der Waals surface area contributed by atoms with E-state index in [-0.39, 0.29) is 0 Å². The van der Waals surface area contributed by atoms with Gasteiger partial charge in [0.25, 0.3) is 0 Å². The number of rotatable bonds is 18. The van der Waals surface area contributed by atoms with Gasteiger partial charge in [-0.2, -0.15) is 0 Å². The minimum absolute atomic E-state index is 0.596. The van der Waals surface area contributed by atoms with Gasteiger partial charge in [-0.3, -0.25) is 0 Å². The van der Waals surface area contributed by atoms with Gasteiger partial charge in [0.05, 0.1) is 0 Å². The Morgan fingerprint density at radius 1 is 0.600 bits per heavy atom. The summed E-state index contributed by atoms with van der Waals surface area (Å²) in [6, 6.07) is 0. The molecule has 5 nitrogen and oxygen atoms in total. The number of carbonyl (C=O) groups is 2. The molecule has 0 rings (SSSR count). The Kier molecular flexibility index (Phi) is 15.9. The minimum atomic E-state index is -3.56. The average Bonchev–Trinajstić information content (AvgIpc) is 2.61. The van der Waals surface area contributed by atoms with Gasteiger partial charge in [0.2, 0.25) is 0 Å². The van der Waals surface area contributed by atoms with Crippen LogP contribution in [0, 0.1) is 0 Å². The van der Waals surface area contributed by atoms with Crippen molar-refractivity contribution in [3.05, 3.63) is 0 Å². The molecule has 0 atom stereocenters. The number of hydrogen-bond acceptors (Lipinski definition) is 5. The Morgan fingerprint density at radius 3 is 1.08 bits per heavy atom. The second-order valence-electron chi connectivity index (χ2n) is 6.77. The van der Waals surface area contributed by atoms with Crippen molar-refractivity contribution in [3.63, 3.8) is 0 Å². The number of carbonyl (C=O) groups excluding carboxylic acids is 2. The normalized spacial score (nSPS) is 12.0. The summed E-state index contributed by atoms with van der Waals surface area (Å²) in [6.07, 6.45) is 8.26. The molecule has 148 valence electrons. The fourth-order valence-corrected chi connectivity index (χ4v) is 43.0. The van der Waals surface area contributed by atoms with Crippen LogP contribution >= 0.6 is 0 Å². The zero-order valence-corrected chi connectivity index (χ0v) is 22.4. The third kappa shape index (κ3) is 10.4. The van der Waals surface area contributed by atoms with Crippen LogP contribution in [0.5, 0.6) is 0 Å². The number of unbranched alkanes of at least 4 members (excludes halogenated alkanes) is 4. The maximum absolute atomic E-state index is 11.3. The van der Waals surface area contributed by atoms with E-state index in [0.717, 1.165) is 69.1 Å². The average molecular weight is 572 g/mol. The molecule has 0 N–H and O–H groups in total. The van der Waals surface area contributed by atoms with Crippen LogP contribution in [0.4, 0.5) is 0 Å². The fraction of sp³-hybridized carbons (Fsp3) is 0.889. The Balaban J connectivity index is 5.59. The summed E-state index contributed by atoms with van der Waals surface area (Å²) in [5.74, 6) is 0. The predicted octanol–water partition coefficient (Wildman–Crippen LogP) is 5.43. The molecule has 0 aliphatic rings. The molecule has 0 fully saturated rings. The molecule has 0 bridgehead atoms. The van der Waals surface area contributed by atoms with E-state index in [1.807, 2.05) is 0 Å². The molecule has 0 radical (unpaired) electrons. The predicted molar refractivity (Wildman–Crippen MR) is 106 cm³/mol. The molecule has 0 aromatic heterocycles. The van der Waals surface area contributed by atoms with Crippen molar-refractivity contribution in [2.24, 2.45) is 0 Å². The van der Waals surface area contributed by atoms with Crippen LogP contribution in [0.3, 0.4) is 0 Å². The van der Waals surface area contributed by atoms with Gasteiger partial charge in [0.1, 0.15) is 0 Å². The van der Waals surface area contributed by atoms with E-state index in [1.165, 1.54) is 0 Å². The summed E-state index contributed by atoms with van der Waals surface area (Å²) in [5, 5.41) is 0. The Labute approximate surface area is 164 Å². The molecule has 0 spiro atoms. The van der Waals surface area contributed by atoms with Crippen molar-refractivity contribution in [1.82, 2.24) is 0 Å². The standard InChI is InChI=1S/4C4H9.2CH2O2.O.2Sn/c4*1-3-4-2;2*2-1-3;;;/h4*1,3-4H2,2H3;2*1H,(H,2,3);;;/q;;;;;;;2*+1/p-2. The maximum atomic E-state index is 11.3. The quantitative estimate of drug-likeness (QED) is 0.162. The summed E-state index contributed by atoms with van der Waals surface area (Å²) in [4.78, 5) is 22.6. The molecular formula is C18H38O5Sn2. The number of hydrogen-bond donors (Lipinski definition) is 0. The first-order valence-electron chi connectivity index (χ1n) is 10.0.